The average Bonchev–Trinajstić information content (AvgIpc) is 2.87. The van der Waals surface area contributed by atoms with Crippen LogP contribution < -0.4 is 0 Å². The molecule has 0 amide bonds. The summed E-state index contributed by atoms with van der Waals surface area (Å²) in [6, 6.07) is 10.0. The summed E-state index contributed by atoms with van der Waals surface area (Å²) in [6.45, 7) is 0.482. The van der Waals surface area contributed by atoms with Gasteiger partial charge in [-0.15, -0.1) is 0 Å². The van der Waals surface area contributed by atoms with Crippen LogP contribution in [-0.2, 0) is 13.0 Å². The van der Waals surface area contributed by atoms with Gasteiger partial charge in [-0.25, -0.2) is 4.98 Å². The lowest BCUT2D eigenvalue weighted by Crippen LogP contribution is -2.03. The zero-order valence-electron chi connectivity index (χ0n) is 10.4. The van der Waals surface area contributed by atoms with E-state index >= 15 is 0 Å². The van der Waals surface area contributed by atoms with Gasteiger partial charge in [-0.05, 0) is 12.0 Å². The number of nitro benzene ring substituents is 1. The summed E-state index contributed by atoms with van der Waals surface area (Å²) in [5.74, 6) is 0. The average molecular weight is 267 g/mol. The molecule has 1 heterocycles. The van der Waals surface area contributed by atoms with E-state index in [1.807, 2.05) is 12.1 Å². The number of aromatic nitrogens is 2. The number of benzene rings is 1. The molecule has 0 aliphatic rings. The second-order valence-electron chi connectivity index (χ2n) is 4.03. The first kappa shape index (κ1) is 13.2. The highest BCUT2D eigenvalue weighted by atomic mass is 16.6. The molecule has 1 aromatic heterocycles. The van der Waals surface area contributed by atoms with Crippen molar-refractivity contribution in [1.29, 1.82) is 10.5 Å². The first-order chi connectivity index (χ1) is 9.65. The van der Waals surface area contributed by atoms with Crippen molar-refractivity contribution in [3.05, 3.63) is 57.7 Å². The first-order valence-electron chi connectivity index (χ1n) is 5.74. The van der Waals surface area contributed by atoms with Crippen LogP contribution in [0.2, 0.25) is 0 Å². The van der Waals surface area contributed by atoms with Gasteiger partial charge < -0.3 is 4.57 Å². The number of nitro groups is 1. The molecule has 2 aromatic rings. The third-order valence-electron chi connectivity index (χ3n) is 2.84. The van der Waals surface area contributed by atoms with Crippen molar-refractivity contribution < 1.29 is 4.92 Å². The Hall–Kier alpha value is -3.19. The summed E-state index contributed by atoms with van der Waals surface area (Å²) in [7, 11) is 0. The van der Waals surface area contributed by atoms with E-state index in [9.17, 15) is 10.1 Å². The smallest absolute Gasteiger partial charge is 0.269 e. The monoisotopic (exact) mass is 267 g/mol. The molecule has 0 aliphatic heterocycles. The quantitative estimate of drug-likeness (QED) is 0.619. The second-order valence-corrected chi connectivity index (χ2v) is 4.03. The minimum atomic E-state index is -0.452. The van der Waals surface area contributed by atoms with Crippen LogP contribution in [0.4, 0.5) is 5.69 Å². The molecule has 0 saturated heterocycles. The Morgan fingerprint density at radius 3 is 2.50 bits per heavy atom. The van der Waals surface area contributed by atoms with E-state index in [4.69, 9.17) is 10.5 Å². The standard InChI is InChI=1S/C13H9N5O2/c14-7-12-13(8-15)17(9-16-12)6-5-10-1-3-11(4-2-10)18(19)20/h1-4,9H,5-6H2. The summed E-state index contributed by atoms with van der Waals surface area (Å²) < 4.78 is 1.60. The highest BCUT2D eigenvalue weighted by Gasteiger charge is 2.10. The van der Waals surface area contributed by atoms with Gasteiger partial charge >= 0.3 is 0 Å². The Morgan fingerprint density at radius 1 is 1.25 bits per heavy atom. The fourth-order valence-electron chi connectivity index (χ4n) is 1.78. The number of nitriles is 2. The lowest BCUT2D eigenvalue weighted by atomic mass is 10.1. The fraction of sp³-hybridized carbons (Fsp3) is 0.154. The van der Waals surface area contributed by atoms with Gasteiger partial charge in [-0.2, -0.15) is 10.5 Å². The molecule has 1 aromatic carbocycles. The molecule has 0 radical (unpaired) electrons. The normalized spacial score (nSPS) is 9.70. The summed E-state index contributed by atoms with van der Waals surface area (Å²) in [5.41, 5.74) is 1.29. The van der Waals surface area contributed by atoms with Crippen molar-refractivity contribution in [2.24, 2.45) is 0 Å². The first-order valence-corrected chi connectivity index (χ1v) is 5.74. The molecule has 0 N–H and O–H groups in total. The van der Waals surface area contributed by atoms with Gasteiger partial charge in [0.15, 0.2) is 11.4 Å². The number of hydrogen-bond donors (Lipinski definition) is 0. The van der Waals surface area contributed by atoms with Crippen LogP contribution in [0.3, 0.4) is 0 Å². The molecular weight excluding hydrogens is 258 g/mol. The van der Waals surface area contributed by atoms with Crippen LogP contribution in [0.5, 0.6) is 0 Å². The van der Waals surface area contributed by atoms with E-state index in [0.717, 1.165) is 5.56 Å². The Morgan fingerprint density at radius 2 is 1.95 bits per heavy atom. The maximum atomic E-state index is 10.5. The Bertz CT molecular complexity index is 719. The van der Waals surface area contributed by atoms with Crippen molar-refractivity contribution >= 4 is 5.69 Å². The Labute approximate surface area is 114 Å². The summed E-state index contributed by atoms with van der Waals surface area (Å²) in [6.07, 6.45) is 2.04. The van der Waals surface area contributed by atoms with Crippen molar-refractivity contribution in [3.8, 4) is 12.1 Å². The molecule has 0 saturated carbocycles. The van der Waals surface area contributed by atoms with Gasteiger partial charge in [0.1, 0.15) is 12.1 Å². The van der Waals surface area contributed by atoms with E-state index in [2.05, 4.69) is 4.98 Å². The summed E-state index contributed by atoms with van der Waals surface area (Å²) in [5, 5.41) is 28.3. The molecule has 98 valence electrons. The van der Waals surface area contributed by atoms with E-state index in [0.29, 0.717) is 13.0 Å². The minimum absolute atomic E-state index is 0.0425. The van der Waals surface area contributed by atoms with Gasteiger partial charge in [0, 0.05) is 18.7 Å². The number of imidazole rings is 1. The maximum Gasteiger partial charge on any atom is 0.269 e. The third-order valence-corrected chi connectivity index (χ3v) is 2.84. The van der Waals surface area contributed by atoms with Crippen LogP contribution in [0.1, 0.15) is 17.0 Å². The molecule has 0 aliphatic carbocycles. The maximum absolute atomic E-state index is 10.5. The largest absolute Gasteiger partial charge is 0.321 e. The lowest BCUT2D eigenvalue weighted by Gasteiger charge is -2.03. The number of hydrogen-bond acceptors (Lipinski definition) is 5. The third kappa shape index (κ3) is 2.62. The van der Waals surface area contributed by atoms with Crippen molar-refractivity contribution in [3.63, 3.8) is 0 Å². The van der Waals surface area contributed by atoms with Gasteiger partial charge in [0.25, 0.3) is 5.69 Å². The highest BCUT2D eigenvalue weighted by molar-refractivity contribution is 5.36. The number of rotatable bonds is 4. The van der Waals surface area contributed by atoms with Gasteiger partial charge in [-0.3, -0.25) is 10.1 Å². The topological polar surface area (TPSA) is 109 Å². The zero-order chi connectivity index (χ0) is 14.5. The van der Waals surface area contributed by atoms with Crippen molar-refractivity contribution in [2.75, 3.05) is 0 Å². The van der Waals surface area contributed by atoms with Gasteiger partial charge in [-0.1, -0.05) is 12.1 Å². The highest BCUT2D eigenvalue weighted by Crippen LogP contribution is 2.13. The predicted octanol–water partition coefficient (Wildman–Crippen LogP) is 1.78. The van der Waals surface area contributed by atoms with Crippen LogP contribution in [-0.4, -0.2) is 14.5 Å². The van der Waals surface area contributed by atoms with Crippen molar-refractivity contribution in [2.45, 2.75) is 13.0 Å². The summed E-state index contributed by atoms with van der Waals surface area (Å²) >= 11 is 0. The predicted molar refractivity (Wildman–Crippen MR) is 68.5 cm³/mol. The molecular formula is C13H9N5O2. The molecule has 0 spiro atoms. The van der Waals surface area contributed by atoms with E-state index in [1.165, 1.54) is 18.5 Å². The fourth-order valence-corrected chi connectivity index (χ4v) is 1.78. The molecule has 20 heavy (non-hydrogen) atoms. The second kappa shape index (κ2) is 5.63. The van der Waals surface area contributed by atoms with E-state index in [-0.39, 0.29) is 17.1 Å². The Kier molecular flexibility index (Phi) is 3.73. The van der Waals surface area contributed by atoms with E-state index < -0.39 is 4.92 Å². The van der Waals surface area contributed by atoms with Gasteiger partial charge in [0.2, 0.25) is 0 Å². The molecule has 0 atom stereocenters. The lowest BCUT2D eigenvalue weighted by molar-refractivity contribution is -0.384. The zero-order valence-corrected chi connectivity index (χ0v) is 10.4. The molecule has 2 rings (SSSR count). The Balaban J connectivity index is 2.10. The number of nitrogens with zero attached hydrogens (tertiary/aromatic N) is 5. The van der Waals surface area contributed by atoms with Crippen molar-refractivity contribution in [1.82, 2.24) is 9.55 Å². The van der Waals surface area contributed by atoms with E-state index in [1.54, 1.807) is 16.7 Å². The molecule has 0 unspecified atom stereocenters. The van der Waals surface area contributed by atoms with Crippen LogP contribution in [0, 0.1) is 32.8 Å². The minimum Gasteiger partial charge on any atom is -0.321 e. The van der Waals surface area contributed by atoms with Crippen LogP contribution in [0.15, 0.2) is 30.6 Å². The molecule has 0 fully saturated rings. The van der Waals surface area contributed by atoms with Gasteiger partial charge in [0.05, 0.1) is 11.3 Å². The molecule has 7 heteroatoms. The molecule has 0 bridgehead atoms. The van der Waals surface area contributed by atoms with Crippen LogP contribution in [0.25, 0.3) is 0 Å². The summed E-state index contributed by atoms with van der Waals surface area (Å²) in [4.78, 5) is 13.9. The SMILES string of the molecule is N#Cc1ncn(CCc2ccc([N+](=O)[O-])cc2)c1C#N. The number of non-ortho nitro benzene ring substituents is 1. The number of aryl methyl sites for hydroxylation is 2. The molecule has 7 nitrogen and oxygen atoms in total. The van der Waals surface area contributed by atoms with Crippen LogP contribution >= 0.6 is 0 Å².